The van der Waals surface area contributed by atoms with E-state index < -0.39 is 10.2 Å². The minimum atomic E-state index is -3.32. The Morgan fingerprint density at radius 2 is 2.14 bits per heavy atom. The summed E-state index contributed by atoms with van der Waals surface area (Å²) in [5, 5.41) is 3.16. The van der Waals surface area contributed by atoms with Gasteiger partial charge in [0.15, 0.2) is 0 Å². The van der Waals surface area contributed by atoms with Crippen LogP contribution in [0.5, 0.6) is 0 Å². The van der Waals surface area contributed by atoms with Crippen molar-refractivity contribution in [3.05, 3.63) is 0 Å². The predicted molar refractivity (Wildman–Crippen MR) is 56.2 cm³/mol. The van der Waals surface area contributed by atoms with Crippen molar-refractivity contribution in [1.29, 1.82) is 0 Å². The number of hydrogen-bond donors (Lipinski definition) is 3. The fraction of sp³-hybridized carbons (Fsp3) is 1.00. The highest BCUT2D eigenvalue weighted by molar-refractivity contribution is 7.87. The Labute approximate surface area is 85.8 Å². The van der Waals surface area contributed by atoms with E-state index in [0.29, 0.717) is 0 Å². The Hall–Kier alpha value is -0.170. The minimum Gasteiger partial charge on any atom is -0.315 e. The van der Waals surface area contributed by atoms with Crippen molar-refractivity contribution in [1.82, 2.24) is 14.8 Å². The molecule has 0 bridgehead atoms. The zero-order chi connectivity index (χ0) is 10.6. The number of rotatable bonds is 4. The van der Waals surface area contributed by atoms with E-state index in [1.165, 1.54) is 0 Å². The molecule has 0 spiro atoms. The first-order valence-electron chi connectivity index (χ1n) is 5.00. The van der Waals surface area contributed by atoms with Crippen LogP contribution >= 0.6 is 0 Å². The third-order valence-electron chi connectivity index (χ3n) is 2.01. The highest BCUT2D eigenvalue weighted by Crippen LogP contribution is 2.02. The Balaban J connectivity index is 2.41. The lowest BCUT2D eigenvalue weighted by Crippen LogP contribution is -2.50. The van der Waals surface area contributed by atoms with Gasteiger partial charge in [-0.25, -0.2) is 0 Å². The van der Waals surface area contributed by atoms with Gasteiger partial charge in [0.1, 0.15) is 0 Å². The van der Waals surface area contributed by atoms with E-state index in [-0.39, 0.29) is 12.1 Å². The summed E-state index contributed by atoms with van der Waals surface area (Å²) in [6, 6.07) is -0.0379. The highest BCUT2D eigenvalue weighted by atomic mass is 32.2. The summed E-state index contributed by atoms with van der Waals surface area (Å²) < 4.78 is 28.0. The van der Waals surface area contributed by atoms with Crippen LogP contribution in [0.25, 0.3) is 0 Å². The second-order valence-electron chi connectivity index (χ2n) is 3.94. The summed E-state index contributed by atoms with van der Waals surface area (Å²) >= 11 is 0. The lowest BCUT2D eigenvalue weighted by molar-refractivity contribution is 0.425. The van der Waals surface area contributed by atoms with Crippen LogP contribution in [0.3, 0.4) is 0 Å². The lowest BCUT2D eigenvalue weighted by atomic mass is 10.1. The molecule has 0 radical (unpaired) electrons. The average Bonchev–Trinajstić information content (AvgIpc) is 2.02. The predicted octanol–water partition coefficient (Wildman–Crippen LogP) is -0.429. The summed E-state index contributed by atoms with van der Waals surface area (Å²) in [4.78, 5) is 0. The molecule has 0 aromatic carbocycles. The second kappa shape index (κ2) is 5.06. The molecule has 1 fully saturated rings. The van der Waals surface area contributed by atoms with Gasteiger partial charge in [0.2, 0.25) is 0 Å². The van der Waals surface area contributed by atoms with Crippen molar-refractivity contribution in [2.75, 3.05) is 13.1 Å². The topological polar surface area (TPSA) is 70.2 Å². The van der Waals surface area contributed by atoms with Crippen LogP contribution in [0.4, 0.5) is 0 Å². The van der Waals surface area contributed by atoms with Crippen molar-refractivity contribution in [2.45, 2.75) is 38.8 Å². The Morgan fingerprint density at radius 3 is 2.64 bits per heavy atom. The summed E-state index contributed by atoms with van der Waals surface area (Å²) in [5.74, 6) is 0. The molecule has 0 aliphatic carbocycles. The first-order chi connectivity index (χ1) is 6.49. The molecule has 1 aliphatic heterocycles. The van der Waals surface area contributed by atoms with E-state index in [1.54, 1.807) is 13.8 Å². The van der Waals surface area contributed by atoms with Crippen LogP contribution in [0.15, 0.2) is 0 Å². The maximum absolute atomic E-state index is 11.5. The third kappa shape index (κ3) is 4.36. The quantitative estimate of drug-likeness (QED) is 0.603. The van der Waals surface area contributed by atoms with Crippen molar-refractivity contribution >= 4 is 10.2 Å². The van der Waals surface area contributed by atoms with Gasteiger partial charge in [-0.3, -0.25) is 0 Å². The molecule has 0 saturated carbocycles. The molecule has 14 heavy (non-hydrogen) atoms. The Morgan fingerprint density at radius 1 is 1.43 bits per heavy atom. The molecule has 0 aromatic rings. The summed E-state index contributed by atoms with van der Waals surface area (Å²) in [7, 11) is -3.32. The molecular formula is C8H19N3O2S. The molecule has 0 unspecified atom stereocenters. The smallest absolute Gasteiger partial charge is 0.277 e. The van der Waals surface area contributed by atoms with Crippen LogP contribution < -0.4 is 14.8 Å². The van der Waals surface area contributed by atoms with Crippen molar-refractivity contribution in [2.24, 2.45) is 0 Å². The van der Waals surface area contributed by atoms with Gasteiger partial charge in [-0.1, -0.05) is 0 Å². The Kier molecular flexibility index (Phi) is 4.31. The Bertz CT molecular complexity index is 258. The average molecular weight is 221 g/mol. The van der Waals surface area contributed by atoms with Gasteiger partial charge >= 0.3 is 0 Å². The lowest BCUT2D eigenvalue weighted by Gasteiger charge is -2.24. The van der Waals surface area contributed by atoms with Gasteiger partial charge in [-0.15, -0.1) is 0 Å². The van der Waals surface area contributed by atoms with E-state index in [2.05, 4.69) is 14.8 Å². The fourth-order valence-corrected chi connectivity index (χ4v) is 2.84. The number of hydrogen-bond acceptors (Lipinski definition) is 3. The van der Waals surface area contributed by atoms with Crippen molar-refractivity contribution in [3.63, 3.8) is 0 Å². The maximum atomic E-state index is 11.5. The number of piperidine rings is 1. The van der Waals surface area contributed by atoms with Crippen LogP contribution in [-0.4, -0.2) is 33.6 Å². The molecular weight excluding hydrogens is 202 g/mol. The fourth-order valence-electron chi connectivity index (χ4n) is 1.52. The van der Waals surface area contributed by atoms with Gasteiger partial charge < -0.3 is 5.32 Å². The summed E-state index contributed by atoms with van der Waals surface area (Å²) in [6.07, 6.45) is 1.93. The molecule has 1 saturated heterocycles. The SMILES string of the molecule is CC(C)NS(=O)(=O)N[C@H]1CCCNC1. The first kappa shape index (κ1) is 11.9. The van der Waals surface area contributed by atoms with Crippen LogP contribution in [0, 0.1) is 0 Å². The van der Waals surface area contributed by atoms with Gasteiger partial charge in [-0.2, -0.15) is 17.9 Å². The monoisotopic (exact) mass is 221 g/mol. The minimum absolute atomic E-state index is 0.0278. The molecule has 1 rings (SSSR count). The third-order valence-corrected chi connectivity index (χ3v) is 3.43. The van der Waals surface area contributed by atoms with E-state index in [0.717, 1.165) is 25.9 Å². The standard InChI is InChI=1S/C8H19N3O2S/c1-7(2)10-14(12,13)11-8-4-3-5-9-6-8/h7-11H,3-6H2,1-2H3/t8-/m0/s1. The second-order valence-corrected chi connectivity index (χ2v) is 5.42. The largest absolute Gasteiger partial charge is 0.315 e. The molecule has 3 N–H and O–H groups in total. The summed E-state index contributed by atoms with van der Waals surface area (Å²) in [5.41, 5.74) is 0. The van der Waals surface area contributed by atoms with Gasteiger partial charge in [0.25, 0.3) is 10.2 Å². The highest BCUT2D eigenvalue weighted by Gasteiger charge is 2.19. The van der Waals surface area contributed by atoms with E-state index in [4.69, 9.17) is 0 Å². The molecule has 6 heteroatoms. The zero-order valence-corrected chi connectivity index (χ0v) is 9.52. The van der Waals surface area contributed by atoms with Gasteiger partial charge in [0.05, 0.1) is 0 Å². The van der Waals surface area contributed by atoms with Gasteiger partial charge in [-0.05, 0) is 33.2 Å². The molecule has 1 atom stereocenters. The van der Waals surface area contributed by atoms with Crippen LogP contribution in [0.1, 0.15) is 26.7 Å². The number of nitrogens with one attached hydrogen (secondary N) is 3. The first-order valence-corrected chi connectivity index (χ1v) is 6.48. The van der Waals surface area contributed by atoms with Crippen LogP contribution in [0.2, 0.25) is 0 Å². The molecule has 5 nitrogen and oxygen atoms in total. The van der Waals surface area contributed by atoms with Crippen molar-refractivity contribution < 1.29 is 8.42 Å². The molecule has 1 aliphatic rings. The van der Waals surface area contributed by atoms with Crippen LogP contribution in [-0.2, 0) is 10.2 Å². The van der Waals surface area contributed by atoms with Gasteiger partial charge in [0, 0.05) is 18.6 Å². The van der Waals surface area contributed by atoms with E-state index in [9.17, 15) is 8.42 Å². The van der Waals surface area contributed by atoms with E-state index >= 15 is 0 Å². The summed E-state index contributed by atoms with van der Waals surface area (Å²) in [6.45, 7) is 5.31. The molecule has 0 amide bonds. The zero-order valence-electron chi connectivity index (χ0n) is 8.71. The maximum Gasteiger partial charge on any atom is 0.277 e. The molecule has 84 valence electrons. The molecule has 0 aromatic heterocycles. The molecule has 1 heterocycles. The van der Waals surface area contributed by atoms with E-state index in [1.807, 2.05) is 0 Å². The van der Waals surface area contributed by atoms with Crippen molar-refractivity contribution in [3.8, 4) is 0 Å². The normalized spacial score (nSPS) is 24.1.